The Morgan fingerprint density at radius 1 is 1.03 bits per heavy atom. The monoisotopic (exact) mass is 513 g/mol. The molecule has 0 aliphatic carbocycles. The number of carbonyl (C=O) groups excluding carboxylic acids is 4. The second kappa shape index (κ2) is 12.1. The predicted octanol–water partition coefficient (Wildman–Crippen LogP) is 2.04. The summed E-state index contributed by atoms with van der Waals surface area (Å²) >= 11 is 0. The number of nitrogens with two attached hydrogens (primary N) is 1. The lowest BCUT2D eigenvalue weighted by Gasteiger charge is -2.30. The van der Waals surface area contributed by atoms with Gasteiger partial charge in [-0.1, -0.05) is 27.7 Å². The Kier molecular flexibility index (Phi) is 9.34. The fourth-order valence-corrected chi connectivity index (χ4v) is 5.38. The molecule has 1 aromatic rings. The maximum atomic E-state index is 13.7. The molecule has 37 heavy (non-hydrogen) atoms. The minimum absolute atomic E-state index is 0.0293. The van der Waals surface area contributed by atoms with Crippen LogP contribution in [0.2, 0.25) is 0 Å². The molecule has 0 aromatic heterocycles. The molecule has 0 spiro atoms. The predicted molar refractivity (Wildman–Crippen MR) is 144 cm³/mol. The number of amides is 3. The molecular formula is C28H43N5O4. The van der Waals surface area contributed by atoms with Gasteiger partial charge in [-0.15, -0.1) is 0 Å². The lowest BCUT2D eigenvalue weighted by Crippen LogP contribution is -2.53. The lowest BCUT2D eigenvalue weighted by atomic mass is 10.0. The third kappa shape index (κ3) is 6.14. The van der Waals surface area contributed by atoms with E-state index in [2.05, 4.69) is 24.1 Å². The Balaban J connectivity index is 1.75. The molecule has 1 aromatic carbocycles. The van der Waals surface area contributed by atoms with E-state index >= 15 is 0 Å². The van der Waals surface area contributed by atoms with Crippen molar-refractivity contribution < 1.29 is 19.2 Å². The van der Waals surface area contributed by atoms with Crippen molar-refractivity contribution >= 4 is 29.2 Å². The third-order valence-corrected chi connectivity index (χ3v) is 7.56. The van der Waals surface area contributed by atoms with Gasteiger partial charge in [0.05, 0.1) is 18.6 Å². The van der Waals surface area contributed by atoms with Crippen LogP contribution < -0.4 is 16.0 Å². The van der Waals surface area contributed by atoms with E-state index in [0.717, 1.165) is 18.8 Å². The van der Waals surface area contributed by atoms with Gasteiger partial charge in [0.15, 0.2) is 5.78 Å². The summed E-state index contributed by atoms with van der Waals surface area (Å²) in [5.41, 5.74) is 7.60. The number of anilines is 1. The molecule has 204 valence electrons. The number of nitrogens with one attached hydrogen (secondary N) is 1. The summed E-state index contributed by atoms with van der Waals surface area (Å²) in [6.07, 6.45) is 0.971. The molecule has 0 bridgehead atoms. The Bertz CT molecular complexity index is 989. The Labute approximate surface area is 220 Å². The number of hydrogen-bond donors (Lipinski definition) is 2. The maximum absolute atomic E-state index is 13.7. The van der Waals surface area contributed by atoms with Crippen molar-refractivity contribution in [3.05, 3.63) is 29.8 Å². The van der Waals surface area contributed by atoms with E-state index in [0.29, 0.717) is 24.9 Å². The molecule has 9 nitrogen and oxygen atoms in total. The Hall–Kier alpha value is -2.94. The molecule has 3 amide bonds. The van der Waals surface area contributed by atoms with Crippen LogP contribution in [0.25, 0.3) is 0 Å². The van der Waals surface area contributed by atoms with Gasteiger partial charge >= 0.3 is 0 Å². The first kappa shape index (κ1) is 28.6. The van der Waals surface area contributed by atoms with Gasteiger partial charge in [-0.3, -0.25) is 19.2 Å². The Morgan fingerprint density at radius 3 is 2.19 bits per heavy atom. The molecule has 4 unspecified atom stereocenters. The van der Waals surface area contributed by atoms with Crippen LogP contribution in [0.15, 0.2) is 24.3 Å². The zero-order chi connectivity index (χ0) is 27.4. The van der Waals surface area contributed by atoms with Crippen LogP contribution in [0, 0.1) is 11.8 Å². The highest BCUT2D eigenvalue weighted by atomic mass is 16.2. The molecular weight excluding hydrogens is 470 g/mol. The zero-order valence-electron chi connectivity index (χ0n) is 23.1. The summed E-state index contributed by atoms with van der Waals surface area (Å²) < 4.78 is 0. The average Bonchev–Trinajstić information content (AvgIpc) is 3.44. The molecule has 9 heteroatoms. The Morgan fingerprint density at radius 2 is 1.65 bits per heavy atom. The molecule has 2 saturated heterocycles. The number of benzene rings is 1. The van der Waals surface area contributed by atoms with E-state index in [1.165, 1.54) is 0 Å². The van der Waals surface area contributed by atoms with Gasteiger partial charge in [-0.05, 0) is 62.8 Å². The molecule has 3 rings (SSSR count). The van der Waals surface area contributed by atoms with Crippen LogP contribution in [0.5, 0.6) is 0 Å². The van der Waals surface area contributed by atoms with Crippen LogP contribution in [0.1, 0.15) is 64.7 Å². The number of hydrogen-bond acceptors (Lipinski definition) is 6. The molecule has 2 aliphatic heterocycles. The summed E-state index contributed by atoms with van der Waals surface area (Å²) in [6, 6.07) is 4.88. The highest BCUT2D eigenvalue weighted by Crippen LogP contribution is 2.31. The molecule has 4 atom stereocenters. The van der Waals surface area contributed by atoms with Crippen LogP contribution in [-0.4, -0.2) is 83.7 Å². The van der Waals surface area contributed by atoms with Gasteiger partial charge in [0.2, 0.25) is 11.8 Å². The summed E-state index contributed by atoms with van der Waals surface area (Å²) in [4.78, 5) is 58.0. The molecule has 2 heterocycles. The zero-order valence-corrected chi connectivity index (χ0v) is 23.1. The quantitative estimate of drug-likeness (QED) is 0.495. The van der Waals surface area contributed by atoms with Crippen LogP contribution in [0.4, 0.5) is 5.69 Å². The van der Waals surface area contributed by atoms with Gasteiger partial charge in [-0.25, -0.2) is 0 Å². The van der Waals surface area contributed by atoms with E-state index in [1.807, 2.05) is 39.8 Å². The molecule has 0 saturated carbocycles. The number of Topliss-reactive ketones (excluding diaryl/α,β-unsaturated/α-hetero) is 1. The third-order valence-electron chi connectivity index (χ3n) is 7.56. The molecule has 2 fully saturated rings. The van der Waals surface area contributed by atoms with Crippen molar-refractivity contribution in [1.29, 1.82) is 0 Å². The van der Waals surface area contributed by atoms with Crippen molar-refractivity contribution in [3.8, 4) is 0 Å². The topological polar surface area (TPSA) is 116 Å². The minimum atomic E-state index is -0.760. The van der Waals surface area contributed by atoms with Crippen molar-refractivity contribution in [2.45, 2.75) is 78.6 Å². The summed E-state index contributed by atoms with van der Waals surface area (Å²) in [5, 5.41) is 2.92. The fraction of sp³-hybridized carbons (Fsp3) is 0.643. The number of nitrogens with zero attached hydrogens (tertiary/aromatic N) is 3. The van der Waals surface area contributed by atoms with Crippen LogP contribution >= 0.6 is 0 Å². The maximum Gasteiger partial charge on any atom is 0.251 e. The van der Waals surface area contributed by atoms with Crippen molar-refractivity contribution in [2.24, 2.45) is 17.6 Å². The van der Waals surface area contributed by atoms with Crippen molar-refractivity contribution in [2.75, 3.05) is 31.1 Å². The number of fused-ring (bicyclic) bond motifs is 1. The van der Waals surface area contributed by atoms with Gasteiger partial charge in [-0.2, -0.15) is 0 Å². The van der Waals surface area contributed by atoms with Gasteiger partial charge in [0.25, 0.3) is 5.91 Å². The van der Waals surface area contributed by atoms with Crippen molar-refractivity contribution in [1.82, 2.24) is 15.1 Å². The summed E-state index contributed by atoms with van der Waals surface area (Å²) in [5.74, 6) is -0.887. The van der Waals surface area contributed by atoms with E-state index in [4.69, 9.17) is 5.73 Å². The molecule has 2 aliphatic rings. The fourth-order valence-electron chi connectivity index (χ4n) is 5.38. The number of rotatable bonds is 10. The van der Waals surface area contributed by atoms with E-state index in [9.17, 15) is 19.2 Å². The van der Waals surface area contributed by atoms with E-state index in [1.54, 1.807) is 21.9 Å². The van der Waals surface area contributed by atoms with E-state index < -0.39 is 18.1 Å². The normalized spacial score (nSPS) is 20.8. The van der Waals surface area contributed by atoms with Gasteiger partial charge < -0.3 is 25.8 Å². The van der Waals surface area contributed by atoms with Crippen molar-refractivity contribution in [3.63, 3.8) is 0 Å². The number of likely N-dealkylation sites (tertiary alicyclic amines) is 2. The number of carbonyl (C=O) groups is 4. The van der Waals surface area contributed by atoms with Gasteiger partial charge in [0, 0.05) is 30.9 Å². The average molecular weight is 514 g/mol. The molecule has 3 N–H and O–H groups in total. The highest BCUT2D eigenvalue weighted by Gasteiger charge is 2.52. The summed E-state index contributed by atoms with van der Waals surface area (Å²) in [7, 11) is 0. The lowest BCUT2D eigenvalue weighted by molar-refractivity contribution is -0.138. The van der Waals surface area contributed by atoms with Gasteiger partial charge in [0.1, 0.15) is 12.1 Å². The SMILES string of the molecule is CCN(CC)c1ccc(C(=O)NC(CC(C)C)C(=O)N2CCC3C2C(=O)CN3C(=O)C(N)C(C)C)cc1. The van der Waals surface area contributed by atoms with E-state index in [-0.39, 0.29) is 47.9 Å². The largest absolute Gasteiger partial charge is 0.372 e. The van der Waals surface area contributed by atoms with Crippen LogP contribution in [-0.2, 0) is 14.4 Å². The summed E-state index contributed by atoms with van der Waals surface area (Å²) in [6.45, 7) is 14.0. The second-order valence-corrected chi connectivity index (χ2v) is 10.9. The second-order valence-electron chi connectivity index (χ2n) is 10.9. The molecule has 0 radical (unpaired) electrons. The highest BCUT2D eigenvalue weighted by molar-refractivity contribution is 6.01. The first-order valence-corrected chi connectivity index (χ1v) is 13.5. The first-order valence-electron chi connectivity index (χ1n) is 13.5. The first-order chi connectivity index (χ1) is 17.5. The minimum Gasteiger partial charge on any atom is -0.372 e. The standard InChI is InChI=1S/C28H43N5O4/c1-7-31(8-2)20-11-9-19(10-12-20)26(35)30-21(15-17(3)4)27(36)32-14-13-22-25(32)23(34)16-33(22)28(37)24(29)18(5)6/h9-12,17-18,21-22,24-25H,7-8,13-16,29H2,1-6H3,(H,30,35). The van der Waals surface area contributed by atoms with Crippen LogP contribution in [0.3, 0.4) is 0 Å². The number of ketones is 1. The smallest absolute Gasteiger partial charge is 0.251 e.